The third kappa shape index (κ3) is 1.59. The topological polar surface area (TPSA) is 63.0 Å². The van der Waals surface area contributed by atoms with Gasteiger partial charge in [0.1, 0.15) is 22.5 Å². The van der Waals surface area contributed by atoms with E-state index in [1.165, 1.54) is 11.3 Å². The van der Waals surface area contributed by atoms with Gasteiger partial charge >= 0.3 is 0 Å². The fraction of sp³-hybridized carbons (Fsp3) is 0.250. The molecule has 0 radical (unpaired) electrons. The van der Waals surface area contributed by atoms with Gasteiger partial charge in [0, 0.05) is 0 Å². The van der Waals surface area contributed by atoms with Gasteiger partial charge in [-0.2, -0.15) is 5.26 Å². The Balaban J connectivity index is 2.61. The van der Waals surface area contributed by atoms with E-state index >= 15 is 0 Å². The summed E-state index contributed by atoms with van der Waals surface area (Å²) in [6.07, 6.45) is 0.805. The highest BCUT2D eigenvalue weighted by Gasteiger charge is 2.17. The normalized spacial score (nSPS) is 10.3. The molecule has 0 amide bonds. The van der Waals surface area contributed by atoms with Gasteiger partial charge in [-0.15, -0.1) is 11.3 Å². The van der Waals surface area contributed by atoms with Gasteiger partial charge in [0.15, 0.2) is 0 Å². The second-order valence-corrected chi connectivity index (χ2v) is 4.55. The van der Waals surface area contributed by atoms with E-state index in [1.54, 1.807) is 0 Å². The molecule has 0 aliphatic heterocycles. The van der Waals surface area contributed by atoms with E-state index in [9.17, 15) is 0 Å². The summed E-state index contributed by atoms with van der Waals surface area (Å²) in [6.45, 7) is 3.93. The molecule has 0 aliphatic rings. The largest absolute Gasteiger partial charge is 0.461 e. The fourth-order valence-corrected chi connectivity index (χ4v) is 2.74. The number of rotatable bonds is 2. The predicted molar refractivity (Wildman–Crippen MR) is 65.3 cm³/mol. The zero-order chi connectivity index (χ0) is 11.7. The summed E-state index contributed by atoms with van der Waals surface area (Å²) in [7, 11) is 0. The van der Waals surface area contributed by atoms with E-state index in [0.717, 1.165) is 28.4 Å². The predicted octanol–water partition coefficient (Wildman–Crippen LogP) is 3.33. The first-order valence-electron chi connectivity index (χ1n) is 5.05. The van der Waals surface area contributed by atoms with Crippen LogP contribution in [0.4, 0.5) is 5.69 Å². The Labute approximate surface area is 98.1 Å². The SMILES string of the molecule is CCc1c(-c2ccc(C)o2)sc(C#N)c1N. The van der Waals surface area contributed by atoms with Gasteiger partial charge in [-0.25, -0.2) is 0 Å². The van der Waals surface area contributed by atoms with Crippen molar-refractivity contribution in [3.8, 4) is 16.7 Å². The molecular weight excluding hydrogens is 220 g/mol. The maximum absolute atomic E-state index is 8.95. The molecule has 0 atom stereocenters. The Morgan fingerprint density at radius 1 is 1.50 bits per heavy atom. The van der Waals surface area contributed by atoms with Crippen molar-refractivity contribution in [2.24, 2.45) is 0 Å². The first kappa shape index (κ1) is 10.8. The van der Waals surface area contributed by atoms with Crippen molar-refractivity contribution in [2.45, 2.75) is 20.3 Å². The number of furan rings is 1. The molecule has 2 aromatic rings. The van der Waals surface area contributed by atoms with E-state index < -0.39 is 0 Å². The van der Waals surface area contributed by atoms with Crippen LogP contribution in [0.5, 0.6) is 0 Å². The Hall–Kier alpha value is -1.73. The summed E-state index contributed by atoms with van der Waals surface area (Å²) in [6, 6.07) is 5.95. The van der Waals surface area contributed by atoms with Gasteiger partial charge in [-0.1, -0.05) is 6.92 Å². The van der Waals surface area contributed by atoms with Crippen LogP contribution < -0.4 is 5.73 Å². The quantitative estimate of drug-likeness (QED) is 0.863. The van der Waals surface area contributed by atoms with Crippen molar-refractivity contribution in [3.05, 3.63) is 28.3 Å². The third-order valence-corrected chi connectivity index (χ3v) is 3.63. The number of aryl methyl sites for hydroxylation is 1. The Bertz CT molecular complexity index is 560. The van der Waals surface area contributed by atoms with Crippen LogP contribution in [0, 0.1) is 18.3 Å². The van der Waals surface area contributed by atoms with Crippen molar-refractivity contribution in [2.75, 3.05) is 5.73 Å². The van der Waals surface area contributed by atoms with Crippen molar-refractivity contribution < 1.29 is 4.42 Å². The molecule has 0 spiro atoms. The van der Waals surface area contributed by atoms with E-state index in [0.29, 0.717) is 10.6 Å². The number of hydrogen-bond donors (Lipinski definition) is 1. The number of anilines is 1. The first-order valence-corrected chi connectivity index (χ1v) is 5.87. The second-order valence-electron chi connectivity index (χ2n) is 3.53. The number of hydrogen-bond acceptors (Lipinski definition) is 4. The smallest absolute Gasteiger partial charge is 0.144 e. The average Bonchev–Trinajstić information content (AvgIpc) is 2.82. The van der Waals surface area contributed by atoms with Crippen LogP contribution in [-0.4, -0.2) is 0 Å². The molecule has 0 unspecified atom stereocenters. The lowest BCUT2D eigenvalue weighted by atomic mass is 10.1. The fourth-order valence-electron chi connectivity index (χ4n) is 1.67. The Kier molecular flexibility index (Phi) is 2.71. The maximum atomic E-state index is 8.95. The minimum absolute atomic E-state index is 0.570. The van der Waals surface area contributed by atoms with Gasteiger partial charge in [0.25, 0.3) is 0 Å². The standard InChI is InChI=1S/C12H12N2OS/c1-3-8-11(14)10(6-13)16-12(8)9-5-4-7(2)15-9/h4-5H,3,14H2,1-2H3. The molecular formula is C12H12N2OS. The van der Waals surface area contributed by atoms with Gasteiger partial charge < -0.3 is 10.2 Å². The summed E-state index contributed by atoms with van der Waals surface area (Å²) in [4.78, 5) is 1.55. The van der Waals surface area contributed by atoms with Crippen LogP contribution >= 0.6 is 11.3 Å². The van der Waals surface area contributed by atoms with E-state index in [2.05, 4.69) is 6.07 Å². The van der Waals surface area contributed by atoms with E-state index in [4.69, 9.17) is 15.4 Å². The maximum Gasteiger partial charge on any atom is 0.144 e. The molecule has 4 heteroatoms. The molecule has 0 aliphatic carbocycles. The highest BCUT2D eigenvalue weighted by molar-refractivity contribution is 7.16. The lowest BCUT2D eigenvalue weighted by Crippen LogP contribution is -1.91. The minimum Gasteiger partial charge on any atom is -0.461 e. The molecule has 2 rings (SSSR count). The summed E-state index contributed by atoms with van der Waals surface area (Å²) < 4.78 is 5.57. The van der Waals surface area contributed by atoms with Crippen molar-refractivity contribution in [3.63, 3.8) is 0 Å². The second kappa shape index (κ2) is 4.03. The van der Waals surface area contributed by atoms with Crippen molar-refractivity contribution >= 4 is 17.0 Å². The monoisotopic (exact) mass is 232 g/mol. The number of nitrogens with zero attached hydrogens (tertiary/aromatic N) is 1. The van der Waals surface area contributed by atoms with Crippen molar-refractivity contribution in [1.82, 2.24) is 0 Å². The zero-order valence-electron chi connectivity index (χ0n) is 9.20. The third-order valence-electron chi connectivity index (χ3n) is 2.47. The van der Waals surface area contributed by atoms with E-state index in [1.807, 2.05) is 26.0 Å². The highest BCUT2D eigenvalue weighted by atomic mass is 32.1. The molecule has 0 saturated carbocycles. The molecule has 0 bridgehead atoms. The molecule has 0 saturated heterocycles. The minimum atomic E-state index is 0.570. The lowest BCUT2D eigenvalue weighted by Gasteiger charge is -1.98. The van der Waals surface area contributed by atoms with Crippen LogP contribution in [0.15, 0.2) is 16.5 Å². The van der Waals surface area contributed by atoms with Crippen LogP contribution in [0.1, 0.15) is 23.1 Å². The first-order chi connectivity index (χ1) is 7.67. The molecule has 2 heterocycles. The van der Waals surface area contributed by atoms with Crippen LogP contribution in [0.25, 0.3) is 10.6 Å². The molecule has 2 N–H and O–H groups in total. The summed E-state index contributed by atoms with van der Waals surface area (Å²) in [5.41, 5.74) is 7.52. The number of nitrogens with two attached hydrogens (primary N) is 1. The van der Waals surface area contributed by atoms with Crippen LogP contribution in [0.3, 0.4) is 0 Å². The van der Waals surface area contributed by atoms with Gasteiger partial charge in [0.05, 0.1) is 10.6 Å². The highest BCUT2D eigenvalue weighted by Crippen LogP contribution is 2.39. The van der Waals surface area contributed by atoms with Crippen LogP contribution in [-0.2, 0) is 6.42 Å². The van der Waals surface area contributed by atoms with Crippen LogP contribution in [0.2, 0.25) is 0 Å². The molecule has 0 aromatic carbocycles. The average molecular weight is 232 g/mol. The Morgan fingerprint density at radius 2 is 2.25 bits per heavy atom. The summed E-state index contributed by atoms with van der Waals surface area (Å²) >= 11 is 1.40. The molecule has 2 aromatic heterocycles. The summed E-state index contributed by atoms with van der Waals surface area (Å²) in [5, 5.41) is 8.95. The Morgan fingerprint density at radius 3 is 2.75 bits per heavy atom. The van der Waals surface area contributed by atoms with Gasteiger partial charge in [-0.3, -0.25) is 0 Å². The van der Waals surface area contributed by atoms with Gasteiger partial charge in [0.2, 0.25) is 0 Å². The lowest BCUT2D eigenvalue weighted by molar-refractivity contribution is 0.549. The number of thiophene rings is 1. The summed E-state index contributed by atoms with van der Waals surface area (Å²) in [5.74, 6) is 1.66. The molecule has 0 fully saturated rings. The molecule has 16 heavy (non-hydrogen) atoms. The van der Waals surface area contributed by atoms with E-state index in [-0.39, 0.29) is 0 Å². The molecule has 3 nitrogen and oxygen atoms in total. The number of nitrogen functional groups attached to an aromatic ring is 1. The number of nitriles is 1. The molecule has 82 valence electrons. The van der Waals surface area contributed by atoms with Gasteiger partial charge in [-0.05, 0) is 31.0 Å². The van der Waals surface area contributed by atoms with Crippen molar-refractivity contribution in [1.29, 1.82) is 5.26 Å². The zero-order valence-corrected chi connectivity index (χ0v) is 10.0.